The Morgan fingerprint density at radius 2 is 2.00 bits per heavy atom. The third-order valence-corrected chi connectivity index (χ3v) is 6.54. The second kappa shape index (κ2) is 9.50. The number of rotatable bonds is 7. The quantitative estimate of drug-likeness (QED) is 0.522. The Balaban J connectivity index is 1.56. The van der Waals surface area contributed by atoms with E-state index in [1.807, 2.05) is 35.8 Å². The standard InChI is InChI=1S/C20H22N6O3S2/c1-13-4-2-3-5-15(13)26-19(25-7-9-29-10-8-25)23-24-20(26)31-12-16(27)22-18-14(17(21)28)6-11-30-18/h2-6,11H,7-10,12H2,1H3,(H2,21,28)(H,22,27). The molecule has 9 nitrogen and oxygen atoms in total. The van der Waals surface area contributed by atoms with Crippen molar-refractivity contribution in [3.05, 3.63) is 46.8 Å². The maximum atomic E-state index is 12.5. The van der Waals surface area contributed by atoms with Crippen LogP contribution in [0.25, 0.3) is 5.69 Å². The maximum Gasteiger partial charge on any atom is 0.251 e. The third kappa shape index (κ3) is 4.73. The van der Waals surface area contributed by atoms with E-state index >= 15 is 0 Å². The number of anilines is 2. The van der Waals surface area contributed by atoms with E-state index in [2.05, 4.69) is 20.4 Å². The lowest BCUT2D eigenvalue weighted by atomic mass is 10.2. The van der Waals surface area contributed by atoms with Gasteiger partial charge in [-0.05, 0) is 30.0 Å². The minimum atomic E-state index is -0.571. The van der Waals surface area contributed by atoms with Gasteiger partial charge in [-0.3, -0.25) is 14.2 Å². The Morgan fingerprint density at radius 1 is 1.23 bits per heavy atom. The highest BCUT2D eigenvalue weighted by molar-refractivity contribution is 7.99. The van der Waals surface area contributed by atoms with Crippen LogP contribution < -0.4 is 16.0 Å². The molecule has 0 spiro atoms. The zero-order chi connectivity index (χ0) is 21.8. The number of aryl methyl sites for hydroxylation is 1. The maximum absolute atomic E-state index is 12.5. The van der Waals surface area contributed by atoms with E-state index in [1.165, 1.54) is 23.1 Å². The van der Waals surface area contributed by atoms with Gasteiger partial charge in [-0.15, -0.1) is 21.5 Å². The molecule has 31 heavy (non-hydrogen) atoms. The summed E-state index contributed by atoms with van der Waals surface area (Å²) in [5.41, 5.74) is 7.70. The molecule has 0 saturated carbocycles. The fourth-order valence-electron chi connectivity index (χ4n) is 3.24. The Hall–Kier alpha value is -2.89. The van der Waals surface area contributed by atoms with E-state index in [1.54, 1.807) is 11.4 Å². The summed E-state index contributed by atoms with van der Waals surface area (Å²) in [7, 11) is 0. The van der Waals surface area contributed by atoms with Crippen molar-refractivity contribution in [2.45, 2.75) is 12.1 Å². The molecule has 1 aliphatic heterocycles. The number of nitrogens with zero attached hydrogens (tertiary/aromatic N) is 4. The number of carbonyl (C=O) groups excluding carboxylic acids is 2. The summed E-state index contributed by atoms with van der Waals surface area (Å²) in [4.78, 5) is 26.1. The van der Waals surface area contributed by atoms with Crippen LogP contribution in [0.15, 0.2) is 40.9 Å². The SMILES string of the molecule is Cc1ccccc1-n1c(SCC(=O)Nc2sccc2C(N)=O)nnc1N1CCOCC1. The predicted molar refractivity (Wildman–Crippen MR) is 121 cm³/mol. The molecule has 0 aliphatic carbocycles. The summed E-state index contributed by atoms with van der Waals surface area (Å²) >= 11 is 2.55. The number of aromatic nitrogens is 3. The number of carbonyl (C=O) groups is 2. The van der Waals surface area contributed by atoms with Crippen molar-refractivity contribution < 1.29 is 14.3 Å². The summed E-state index contributed by atoms with van der Waals surface area (Å²) < 4.78 is 7.45. The lowest BCUT2D eigenvalue weighted by Gasteiger charge is -2.28. The summed E-state index contributed by atoms with van der Waals surface area (Å²) in [6.07, 6.45) is 0. The Bertz CT molecular complexity index is 1090. The summed E-state index contributed by atoms with van der Waals surface area (Å²) in [5, 5.41) is 14.3. The average Bonchev–Trinajstić information content (AvgIpc) is 3.40. The van der Waals surface area contributed by atoms with Crippen molar-refractivity contribution in [1.29, 1.82) is 0 Å². The van der Waals surface area contributed by atoms with Crippen molar-refractivity contribution in [3.63, 3.8) is 0 Å². The highest BCUT2D eigenvalue weighted by Gasteiger charge is 2.23. The second-order valence-corrected chi connectivity index (χ2v) is 8.73. The number of morpholine rings is 1. The molecular formula is C20H22N6O3S2. The number of nitrogens with one attached hydrogen (secondary N) is 1. The topological polar surface area (TPSA) is 115 Å². The van der Waals surface area contributed by atoms with Gasteiger partial charge in [-0.2, -0.15) is 0 Å². The molecule has 0 atom stereocenters. The molecule has 3 heterocycles. The monoisotopic (exact) mass is 458 g/mol. The molecular weight excluding hydrogens is 436 g/mol. The highest BCUT2D eigenvalue weighted by Crippen LogP contribution is 2.29. The van der Waals surface area contributed by atoms with Crippen molar-refractivity contribution in [3.8, 4) is 5.69 Å². The smallest absolute Gasteiger partial charge is 0.251 e. The minimum absolute atomic E-state index is 0.114. The third-order valence-electron chi connectivity index (χ3n) is 4.78. The van der Waals surface area contributed by atoms with Crippen LogP contribution in [-0.2, 0) is 9.53 Å². The lowest BCUT2D eigenvalue weighted by Crippen LogP contribution is -2.38. The van der Waals surface area contributed by atoms with Crippen molar-refractivity contribution in [2.75, 3.05) is 42.3 Å². The lowest BCUT2D eigenvalue weighted by molar-refractivity contribution is -0.113. The molecule has 1 aromatic carbocycles. The number of primary amides is 1. The Morgan fingerprint density at radius 3 is 2.74 bits per heavy atom. The van der Waals surface area contributed by atoms with Crippen molar-refractivity contribution in [1.82, 2.24) is 14.8 Å². The minimum Gasteiger partial charge on any atom is -0.378 e. The Labute approximate surface area is 187 Å². The van der Waals surface area contributed by atoms with Crippen LogP contribution in [0.2, 0.25) is 0 Å². The normalized spacial score (nSPS) is 13.9. The molecule has 0 bridgehead atoms. The van der Waals surface area contributed by atoms with E-state index in [4.69, 9.17) is 10.5 Å². The van der Waals surface area contributed by atoms with Crippen molar-refractivity contribution >= 4 is 45.9 Å². The molecule has 1 fully saturated rings. The van der Waals surface area contributed by atoms with Crippen molar-refractivity contribution in [2.24, 2.45) is 5.73 Å². The number of para-hydroxylation sites is 1. The van der Waals surface area contributed by atoms with Gasteiger partial charge in [0.25, 0.3) is 5.91 Å². The summed E-state index contributed by atoms with van der Waals surface area (Å²) in [5.74, 6) is 0.0269. The van der Waals surface area contributed by atoms with E-state index in [-0.39, 0.29) is 11.7 Å². The fourth-order valence-corrected chi connectivity index (χ4v) is 4.79. The van der Waals surface area contributed by atoms with Gasteiger partial charge in [0.1, 0.15) is 5.00 Å². The zero-order valence-electron chi connectivity index (χ0n) is 16.9. The number of ether oxygens (including phenoxy) is 1. The largest absolute Gasteiger partial charge is 0.378 e. The molecule has 1 aliphatic rings. The van der Waals surface area contributed by atoms with E-state index in [0.717, 1.165) is 30.3 Å². The van der Waals surface area contributed by atoms with Crippen LogP contribution in [0.1, 0.15) is 15.9 Å². The average molecular weight is 459 g/mol. The number of thioether (sulfide) groups is 1. The molecule has 1 saturated heterocycles. The fraction of sp³-hybridized carbons (Fsp3) is 0.300. The van der Waals surface area contributed by atoms with Crippen LogP contribution in [-0.4, -0.2) is 58.6 Å². The van der Waals surface area contributed by atoms with Crippen LogP contribution in [0.3, 0.4) is 0 Å². The number of nitrogens with two attached hydrogens (primary N) is 1. The predicted octanol–water partition coefficient (Wildman–Crippen LogP) is 2.30. The van der Waals surface area contributed by atoms with Gasteiger partial charge in [0.2, 0.25) is 11.9 Å². The first-order chi connectivity index (χ1) is 15.0. The first kappa shape index (κ1) is 21.3. The van der Waals surface area contributed by atoms with Crippen LogP contribution >= 0.6 is 23.1 Å². The summed E-state index contributed by atoms with van der Waals surface area (Å²) in [6.45, 7) is 4.75. The molecule has 3 N–H and O–H groups in total. The molecule has 2 aromatic heterocycles. The highest BCUT2D eigenvalue weighted by atomic mass is 32.2. The molecule has 0 radical (unpaired) electrons. The van der Waals surface area contributed by atoms with Gasteiger partial charge < -0.3 is 20.7 Å². The van der Waals surface area contributed by atoms with Gasteiger partial charge in [-0.25, -0.2) is 0 Å². The number of thiophene rings is 1. The Kier molecular flexibility index (Phi) is 6.54. The molecule has 162 valence electrons. The first-order valence-electron chi connectivity index (χ1n) is 9.68. The number of benzene rings is 1. The number of hydrogen-bond acceptors (Lipinski definition) is 8. The molecule has 4 rings (SSSR count). The van der Waals surface area contributed by atoms with Crippen LogP contribution in [0.5, 0.6) is 0 Å². The molecule has 2 amide bonds. The molecule has 11 heteroatoms. The number of amides is 2. The van der Waals surface area contributed by atoms with Crippen LogP contribution in [0, 0.1) is 6.92 Å². The van der Waals surface area contributed by atoms with Gasteiger partial charge in [-0.1, -0.05) is 30.0 Å². The van der Waals surface area contributed by atoms with Gasteiger partial charge in [0.05, 0.1) is 30.2 Å². The van der Waals surface area contributed by atoms with E-state index < -0.39 is 5.91 Å². The van der Waals surface area contributed by atoms with Crippen LogP contribution in [0.4, 0.5) is 10.9 Å². The number of hydrogen-bond donors (Lipinski definition) is 2. The first-order valence-corrected chi connectivity index (χ1v) is 11.5. The van der Waals surface area contributed by atoms with Gasteiger partial charge in [0, 0.05) is 13.1 Å². The molecule has 0 unspecified atom stereocenters. The van der Waals surface area contributed by atoms with E-state index in [0.29, 0.717) is 28.9 Å². The van der Waals surface area contributed by atoms with Gasteiger partial charge >= 0.3 is 0 Å². The zero-order valence-corrected chi connectivity index (χ0v) is 18.5. The second-order valence-electron chi connectivity index (χ2n) is 6.87. The van der Waals surface area contributed by atoms with Gasteiger partial charge in [0.15, 0.2) is 5.16 Å². The van der Waals surface area contributed by atoms with E-state index in [9.17, 15) is 9.59 Å². The summed E-state index contributed by atoms with van der Waals surface area (Å²) in [6, 6.07) is 9.59. The molecule has 3 aromatic rings.